The molecule has 3 saturated heterocycles. The summed E-state index contributed by atoms with van der Waals surface area (Å²) in [5.41, 5.74) is 0. The summed E-state index contributed by atoms with van der Waals surface area (Å²) < 4.78 is 5.53. The van der Waals surface area contributed by atoms with Crippen molar-refractivity contribution >= 4 is 5.91 Å². The van der Waals surface area contributed by atoms with Crippen molar-refractivity contribution in [2.45, 2.75) is 56.7 Å². The monoisotopic (exact) mass is 238 g/mol. The Bertz CT molecular complexity index is 283. The average molecular weight is 238 g/mol. The number of carbonyl (C=O) groups excluding carboxylic acids is 1. The molecule has 4 heteroatoms. The number of nitrogens with zero attached hydrogens (tertiary/aromatic N) is 1. The summed E-state index contributed by atoms with van der Waals surface area (Å²) in [5.74, 6) is 0.249. The second kappa shape index (κ2) is 4.94. The first-order chi connectivity index (χ1) is 8.36. The molecule has 0 aromatic carbocycles. The molecule has 3 atom stereocenters. The molecule has 0 radical (unpaired) electrons. The van der Waals surface area contributed by atoms with Crippen LogP contribution in [-0.2, 0) is 9.53 Å². The van der Waals surface area contributed by atoms with E-state index in [2.05, 4.69) is 10.2 Å². The topological polar surface area (TPSA) is 41.6 Å². The van der Waals surface area contributed by atoms with Gasteiger partial charge in [0.1, 0.15) is 6.10 Å². The van der Waals surface area contributed by atoms with Gasteiger partial charge in [0.05, 0.1) is 0 Å². The van der Waals surface area contributed by atoms with Gasteiger partial charge in [-0.15, -0.1) is 0 Å². The fraction of sp³-hybridized carbons (Fsp3) is 0.923. The van der Waals surface area contributed by atoms with Gasteiger partial charge in [-0.1, -0.05) is 0 Å². The molecule has 3 fully saturated rings. The van der Waals surface area contributed by atoms with Crippen molar-refractivity contribution in [1.82, 2.24) is 10.2 Å². The lowest BCUT2D eigenvalue weighted by Gasteiger charge is -2.31. The van der Waals surface area contributed by atoms with E-state index in [1.54, 1.807) is 0 Å². The van der Waals surface area contributed by atoms with Crippen LogP contribution in [0.25, 0.3) is 0 Å². The average Bonchev–Trinajstić information content (AvgIpc) is 3.09. The third-order valence-corrected chi connectivity index (χ3v) is 4.35. The van der Waals surface area contributed by atoms with Gasteiger partial charge in [0, 0.05) is 25.2 Å². The molecule has 96 valence electrons. The Labute approximate surface area is 103 Å². The van der Waals surface area contributed by atoms with Gasteiger partial charge in [-0.2, -0.15) is 0 Å². The Kier molecular flexibility index (Phi) is 3.34. The molecule has 3 heterocycles. The van der Waals surface area contributed by atoms with Crippen LogP contribution in [0.5, 0.6) is 0 Å². The minimum absolute atomic E-state index is 0.142. The van der Waals surface area contributed by atoms with Crippen LogP contribution in [0.2, 0.25) is 0 Å². The minimum atomic E-state index is -0.142. The molecule has 0 aromatic heterocycles. The van der Waals surface area contributed by atoms with Crippen LogP contribution in [-0.4, -0.2) is 48.7 Å². The summed E-state index contributed by atoms with van der Waals surface area (Å²) >= 11 is 0. The number of nitrogens with one attached hydrogen (secondary N) is 1. The second-order valence-corrected chi connectivity index (χ2v) is 5.45. The van der Waals surface area contributed by atoms with E-state index in [1.165, 1.54) is 12.8 Å². The van der Waals surface area contributed by atoms with E-state index in [0.717, 1.165) is 45.4 Å². The maximum atomic E-state index is 12.4. The van der Waals surface area contributed by atoms with Crippen molar-refractivity contribution < 1.29 is 9.53 Å². The van der Waals surface area contributed by atoms with E-state index in [9.17, 15) is 4.79 Å². The largest absolute Gasteiger partial charge is 0.368 e. The van der Waals surface area contributed by atoms with E-state index >= 15 is 0 Å². The van der Waals surface area contributed by atoms with Crippen LogP contribution >= 0.6 is 0 Å². The van der Waals surface area contributed by atoms with Crippen LogP contribution in [0.3, 0.4) is 0 Å². The third-order valence-electron chi connectivity index (χ3n) is 4.35. The maximum Gasteiger partial charge on any atom is 0.252 e. The number of hydrogen-bond acceptors (Lipinski definition) is 3. The van der Waals surface area contributed by atoms with Gasteiger partial charge in [-0.05, 0) is 45.1 Å². The molecule has 17 heavy (non-hydrogen) atoms. The van der Waals surface area contributed by atoms with E-state index in [1.807, 2.05) is 0 Å². The fourth-order valence-electron chi connectivity index (χ4n) is 3.48. The standard InChI is InChI=1S/C13H22N2O2/c16-13(12-6-3-9-17-12)15-8-2-5-11(15)10-4-1-7-14-10/h10-12,14H,1-9H2/t10?,11?,12-/m0/s1. The lowest BCUT2D eigenvalue weighted by atomic mass is 10.0. The Balaban J connectivity index is 1.65. The van der Waals surface area contributed by atoms with Crippen molar-refractivity contribution in [3.05, 3.63) is 0 Å². The molecule has 3 aliphatic heterocycles. The first-order valence-corrected chi connectivity index (χ1v) is 7.02. The van der Waals surface area contributed by atoms with Crippen molar-refractivity contribution in [3.63, 3.8) is 0 Å². The summed E-state index contributed by atoms with van der Waals surface area (Å²) in [4.78, 5) is 14.5. The van der Waals surface area contributed by atoms with E-state index in [0.29, 0.717) is 12.1 Å². The number of likely N-dealkylation sites (tertiary alicyclic amines) is 1. The van der Waals surface area contributed by atoms with Gasteiger partial charge in [0.15, 0.2) is 0 Å². The highest BCUT2D eigenvalue weighted by Crippen LogP contribution is 2.27. The zero-order valence-electron chi connectivity index (χ0n) is 10.4. The molecule has 4 nitrogen and oxygen atoms in total. The predicted molar refractivity (Wildman–Crippen MR) is 64.7 cm³/mol. The number of carbonyl (C=O) groups is 1. The van der Waals surface area contributed by atoms with Gasteiger partial charge in [-0.3, -0.25) is 4.79 Å². The smallest absolute Gasteiger partial charge is 0.252 e. The van der Waals surface area contributed by atoms with Gasteiger partial charge < -0.3 is 15.0 Å². The van der Waals surface area contributed by atoms with Crippen molar-refractivity contribution in [2.75, 3.05) is 19.7 Å². The number of rotatable bonds is 2. The summed E-state index contributed by atoms with van der Waals surface area (Å²) in [6, 6.07) is 0.956. The third kappa shape index (κ3) is 2.20. The van der Waals surface area contributed by atoms with Crippen molar-refractivity contribution in [2.24, 2.45) is 0 Å². The van der Waals surface area contributed by atoms with E-state index in [4.69, 9.17) is 4.74 Å². The first kappa shape index (κ1) is 11.5. The summed E-state index contributed by atoms with van der Waals surface area (Å²) in [7, 11) is 0. The van der Waals surface area contributed by atoms with E-state index < -0.39 is 0 Å². The number of amides is 1. The SMILES string of the molecule is O=C([C@@H]1CCCO1)N1CCCC1C1CCCN1. The molecule has 0 saturated carbocycles. The molecule has 0 aromatic rings. The highest BCUT2D eigenvalue weighted by Gasteiger charge is 2.39. The van der Waals surface area contributed by atoms with Crippen LogP contribution < -0.4 is 5.32 Å². The summed E-state index contributed by atoms with van der Waals surface area (Å²) in [5, 5.41) is 3.54. The number of hydrogen-bond donors (Lipinski definition) is 1. The van der Waals surface area contributed by atoms with Gasteiger partial charge in [-0.25, -0.2) is 0 Å². The first-order valence-electron chi connectivity index (χ1n) is 7.02. The van der Waals surface area contributed by atoms with Crippen molar-refractivity contribution in [3.8, 4) is 0 Å². The Morgan fingerprint density at radius 3 is 2.82 bits per heavy atom. The molecule has 0 spiro atoms. The normalized spacial score (nSPS) is 37.9. The van der Waals surface area contributed by atoms with Gasteiger partial charge in [0.2, 0.25) is 0 Å². The quantitative estimate of drug-likeness (QED) is 0.777. The molecular formula is C13H22N2O2. The van der Waals surface area contributed by atoms with Crippen LogP contribution in [0.15, 0.2) is 0 Å². The summed E-state index contributed by atoms with van der Waals surface area (Å²) in [6.45, 7) is 2.81. The molecule has 2 unspecified atom stereocenters. The lowest BCUT2D eigenvalue weighted by molar-refractivity contribution is -0.142. The molecule has 0 bridgehead atoms. The van der Waals surface area contributed by atoms with Crippen LogP contribution in [0, 0.1) is 0 Å². The minimum Gasteiger partial charge on any atom is -0.368 e. The second-order valence-electron chi connectivity index (χ2n) is 5.45. The van der Waals surface area contributed by atoms with Crippen molar-refractivity contribution in [1.29, 1.82) is 0 Å². The lowest BCUT2D eigenvalue weighted by Crippen LogP contribution is -2.49. The Morgan fingerprint density at radius 1 is 1.18 bits per heavy atom. The van der Waals surface area contributed by atoms with Crippen LogP contribution in [0.4, 0.5) is 0 Å². The zero-order chi connectivity index (χ0) is 11.7. The van der Waals surface area contributed by atoms with E-state index in [-0.39, 0.29) is 12.0 Å². The number of ether oxygens (including phenoxy) is 1. The Hall–Kier alpha value is -0.610. The molecule has 1 amide bonds. The highest BCUT2D eigenvalue weighted by atomic mass is 16.5. The molecule has 3 rings (SSSR count). The zero-order valence-corrected chi connectivity index (χ0v) is 10.4. The fourth-order valence-corrected chi connectivity index (χ4v) is 3.48. The molecular weight excluding hydrogens is 216 g/mol. The van der Waals surface area contributed by atoms with Gasteiger partial charge in [0.25, 0.3) is 5.91 Å². The van der Waals surface area contributed by atoms with Crippen LogP contribution in [0.1, 0.15) is 38.5 Å². The van der Waals surface area contributed by atoms with Gasteiger partial charge >= 0.3 is 0 Å². The predicted octanol–water partition coefficient (Wildman–Crippen LogP) is 0.908. The maximum absolute atomic E-state index is 12.4. The molecule has 3 aliphatic rings. The Morgan fingerprint density at radius 2 is 2.12 bits per heavy atom. The molecule has 1 N–H and O–H groups in total. The summed E-state index contributed by atoms with van der Waals surface area (Å²) in [6.07, 6.45) is 6.61. The highest BCUT2D eigenvalue weighted by molar-refractivity contribution is 5.81. The molecule has 0 aliphatic carbocycles.